The van der Waals surface area contributed by atoms with Gasteiger partial charge in [-0.1, -0.05) is 13.8 Å². The topological polar surface area (TPSA) is 185 Å². The smallest absolute Gasteiger partial charge is 0.416 e. The molecule has 5 N–H and O–H groups in total. The third kappa shape index (κ3) is 13.1. The molecular formula is C40H59F3N8O7. The highest BCUT2D eigenvalue weighted by Gasteiger charge is 2.44. The number of carbonyl (C=O) groups is 4. The highest BCUT2D eigenvalue weighted by atomic mass is 19.4. The summed E-state index contributed by atoms with van der Waals surface area (Å²) >= 11 is 0. The number of ether oxygens (including phenoxy) is 3. The number of likely N-dealkylation sites (tertiary alicyclic amines) is 1. The second kappa shape index (κ2) is 20.1. The Morgan fingerprint density at radius 2 is 1.64 bits per heavy atom. The summed E-state index contributed by atoms with van der Waals surface area (Å²) in [5.41, 5.74) is -0.881. The summed E-state index contributed by atoms with van der Waals surface area (Å²) in [4.78, 5) is 61.7. The van der Waals surface area contributed by atoms with E-state index < -0.39 is 23.9 Å². The van der Waals surface area contributed by atoms with Gasteiger partial charge in [-0.25, -0.2) is 14.8 Å². The molecule has 3 aliphatic rings. The Morgan fingerprint density at radius 3 is 2.34 bits per heavy atom. The van der Waals surface area contributed by atoms with Gasteiger partial charge >= 0.3 is 12.3 Å². The summed E-state index contributed by atoms with van der Waals surface area (Å²) in [5, 5.41) is 15.8. The van der Waals surface area contributed by atoms with Crippen molar-refractivity contribution in [1.29, 1.82) is 0 Å². The first-order chi connectivity index (χ1) is 27.5. The van der Waals surface area contributed by atoms with Crippen molar-refractivity contribution in [1.82, 2.24) is 36.1 Å². The lowest BCUT2D eigenvalue weighted by molar-refractivity contribution is -0.137. The summed E-state index contributed by atoms with van der Waals surface area (Å²) in [6.07, 6.45) is -0.0537. The van der Waals surface area contributed by atoms with Crippen molar-refractivity contribution in [3.63, 3.8) is 0 Å². The molecule has 1 aromatic heterocycles. The van der Waals surface area contributed by atoms with E-state index in [1.807, 2.05) is 20.8 Å². The molecule has 0 unspecified atom stereocenters. The minimum absolute atomic E-state index is 0.109. The van der Waals surface area contributed by atoms with Crippen LogP contribution in [0.15, 0.2) is 24.5 Å². The number of alkyl halides is 3. The van der Waals surface area contributed by atoms with Gasteiger partial charge in [0.05, 0.1) is 49.6 Å². The Morgan fingerprint density at radius 1 is 0.914 bits per heavy atom. The molecule has 15 nitrogen and oxygen atoms in total. The van der Waals surface area contributed by atoms with E-state index >= 15 is 0 Å². The largest absolute Gasteiger partial charge is 0.447 e. The number of nitrogens with zero attached hydrogens (tertiary/aromatic N) is 3. The van der Waals surface area contributed by atoms with Crippen molar-refractivity contribution in [2.45, 2.75) is 121 Å². The number of carbonyl (C=O) groups excluding carboxylic acids is 4. The summed E-state index contributed by atoms with van der Waals surface area (Å²) in [5.74, 6) is -0.135. The van der Waals surface area contributed by atoms with Crippen LogP contribution in [0.25, 0.3) is 10.9 Å². The summed E-state index contributed by atoms with van der Waals surface area (Å²) < 4.78 is 56.4. The molecule has 0 spiro atoms. The van der Waals surface area contributed by atoms with Gasteiger partial charge in [0.1, 0.15) is 24.8 Å². The normalized spacial score (nSPS) is 23.7. The van der Waals surface area contributed by atoms with Crippen molar-refractivity contribution in [2.24, 2.45) is 11.8 Å². The number of alkyl carbamates (subject to hydrolysis) is 1. The Labute approximate surface area is 337 Å². The molecule has 1 aromatic carbocycles. The number of rotatable bonds is 18. The number of benzene rings is 1. The first kappa shape index (κ1) is 44.8. The third-order valence-electron chi connectivity index (χ3n) is 10.5. The molecule has 2 aliphatic carbocycles. The number of hydrogen-bond acceptors (Lipinski definition) is 11. The number of anilines is 1. The maximum absolute atomic E-state index is 13.9. The van der Waals surface area contributed by atoms with Crippen molar-refractivity contribution < 1.29 is 46.6 Å². The van der Waals surface area contributed by atoms with Crippen LogP contribution in [-0.4, -0.2) is 121 Å². The molecule has 0 radical (unpaired) electrons. The standard InChI is InChI=1S/C40H59F3N8O7/c1-24(2)22-44-27-7-9-33(51-12-10-31(37(51)54)48-35-29-20-26(40(41,42)43)6-8-30(29)45-23-46-35)32(21-27)49-36(53)25-18-28(19-25)47-34(52)11-13-56-14-15-57-16-17-58-38(55)50-39(3,4)5/h6,8,20,23-25,27-28,31-33,44H,7,9-19,21-22H2,1-5H3,(H,47,52)(H,49,53)(H,50,55)(H,45,46,48)/t25?,27-,28?,31+,32-,33+/m1/s1. The molecule has 2 saturated carbocycles. The molecule has 2 heterocycles. The lowest BCUT2D eigenvalue weighted by Gasteiger charge is -2.43. The zero-order chi connectivity index (χ0) is 42.0. The van der Waals surface area contributed by atoms with Crippen molar-refractivity contribution in [3.8, 4) is 0 Å². The number of halogens is 3. The summed E-state index contributed by atoms with van der Waals surface area (Å²) in [7, 11) is 0. The second-order valence-corrected chi connectivity index (χ2v) is 16.9. The van der Waals surface area contributed by atoms with E-state index in [9.17, 15) is 32.3 Å². The van der Waals surface area contributed by atoms with E-state index in [0.717, 1.165) is 25.1 Å². The lowest BCUT2D eigenvalue weighted by atomic mass is 9.78. The Balaban J connectivity index is 1.06. The molecule has 3 fully saturated rings. The highest BCUT2D eigenvalue weighted by molar-refractivity contribution is 5.93. The molecule has 18 heteroatoms. The van der Waals surface area contributed by atoms with Gasteiger partial charge in [-0.3, -0.25) is 14.4 Å². The Bertz CT molecular complexity index is 1720. The number of aromatic nitrogens is 2. The molecule has 1 aliphatic heterocycles. The van der Waals surface area contributed by atoms with Crippen LogP contribution in [0.5, 0.6) is 0 Å². The lowest BCUT2D eigenvalue weighted by Crippen LogP contribution is -2.60. The molecule has 58 heavy (non-hydrogen) atoms. The van der Waals surface area contributed by atoms with Gasteiger partial charge in [0, 0.05) is 41.9 Å². The second-order valence-electron chi connectivity index (χ2n) is 16.9. The highest BCUT2D eigenvalue weighted by Crippen LogP contribution is 2.34. The van der Waals surface area contributed by atoms with E-state index in [1.54, 1.807) is 4.90 Å². The average molecular weight is 821 g/mol. The van der Waals surface area contributed by atoms with E-state index in [0.29, 0.717) is 56.7 Å². The summed E-state index contributed by atoms with van der Waals surface area (Å²) in [6.45, 7) is 12.2. The molecule has 5 rings (SSSR count). The minimum atomic E-state index is -4.54. The molecule has 4 amide bonds. The molecule has 4 atom stereocenters. The van der Waals surface area contributed by atoms with Crippen LogP contribution in [0.1, 0.15) is 85.1 Å². The van der Waals surface area contributed by atoms with Gasteiger partial charge in [0.2, 0.25) is 17.7 Å². The fraction of sp³-hybridized carbons (Fsp3) is 0.700. The van der Waals surface area contributed by atoms with Crippen molar-refractivity contribution in [3.05, 3.63) is 30.1 Å². The molecular weight excluding hydrogens is 761 g/mol. The van der Waals surface area contributed by atoms with Crippen LogP contribution in [0.2, 0.25) is 0 Å². The molecule has 322 valence electrons. The first-order valence-electron chi connectivity index (χ1n) is 20.3. The van der Waals surface area contributed by atoms with Crippen LogP contribution in [0.3, 0.4) is 0 Å². The van der Waals surface area contributed by atoms with E-state index in [1.165, 1.54) is 12.4 Å². The van der Waals surface area contributed by atoms with Gasteiger partial charge < -0.3 is 45.7 Å². The van der Waals surface area contributed by atoms with Gasteiger partial charge in [0.25, 0.3) is 0 Å². The van der Waals surface area contributed by atoms with Crippen LogP contribution in [0.4, 0.5) is 23.8 Å². The predicted octanol–water partition coefficient (Wildman–Crippen LogP) is 4.16. The average Bonchev–Trinajstić information content (AvgIpc) is 3.48. The fourth-order valence-electron chi connectivity index (χ4n) is 7.52. The zero-order valence-corrected chi connectivity index (χ0v) is 34.1. The summed E-state index contributed by atoms with van der Waals surface area (Å²) in [6, 6.07) is 2.03. The number of hydrogen-bond donors (Lipinski definition) is 5. The minimum Gasteiger partial charge on any atom is -0.447 e. The van der Waals surface area contributed by atoms with E-state index in [4.69, 9.17) is 14.2 Å². The van der Waals surface area contributed by atoms with Crippen molar-refractivity contribution >= 4 is 40.5 Å². The van der Waals surface area contributed by atoms with Crippen LogP contribution in [-0.2, 0) is 34.8 Å². The SMILES string of the molecule is CC(C)CN[C@@H]1CC[C@H](N2CC[C@H](Nc3ncnc4ccc(C(F)(F)F)cc34)C2=O)[C@H](NC(=O)C2CC(NC(=O)CCOCCOCCOC(=O)NC(C)(C)C)C2)C1. The van der Waals surface area contributed by atoms with E-state index in [-0.39, 0.29) is 97.4 Å². The number of fused-ring (bicyclic) bond motifs is 1. The predicted molar refractivity (Wildman–Crippen MR) is 210 cm³/mol. The molecule has 2 aromatic rings. The quantitative estimate of drug-likeness (QED) is 0.136. The molecule has 0 bridgehead atoms. The fourth-order valence-corrected chi connectivity index (χ4v) is 7.52. The Hall–Kier alpha value is -4.29. The zero-order valence-electron chi connectivity index (χ0n) is 34.1. The Kier molecular flexibility index (Phi) is 15.5. The number of nitrogens with one attached hydrogen (secondary N) is 5. The van der Waals surface area contributed by atoms with Gasteiger partial charge in [-0.2, -0.15) is 13.2 Å². The van der Waals surface area contributed by atoms with Gasteiger partial charge in [0.15, 0.2) is 0 Å². The van der Waals surface area contributed by atoms with Crippen LogP contribution < -0.4 is 26.6 Å². The maximum atomic E-state index is 13.9. The van der Waals surface area contributed by atoms with Gasteiger partial charge in [-0.05, 0) is 90.0 Å². The third-order valence-corrected chi connectivity index (χ3v) is 10.5. The first-order valence-corrected chi connectivity index (χ1v) is 20.3. The van der Waals surface area contributed by atoms with Crippen LogP contribution >= 0.6 is 0 Å². The number of amides is 4. The molecule has 1 saturated heterocycles. The van der Waals surface area contributed by atoms with Crippen molar-refractivity contribution in [2.75, 3.05) is 51.4 Å². The monoisotopic (exact) mass is 820 g/mol. The maximum Gasteiger partial charge on any atom is 0.416 e. The van der Waals surface area contributed by atoms with Crippen LogP contribution in [0, 0.1) is 11.8 Å². The van der Waals surface area contributed by atoms with E-state index in [2.05, 4.69) is 50.4 Å². The van der Waals surface area contributed by atoms with Gasteiger partial charge in [-0.15, -0.1) is 0 Å².